The lowest BCUT2D eigenvalue weighted by molar-refractivity contribution is -0.0174. The van der Waals surface area contributed by atoms with Crippen molar-refractivity contribution in [2.24, 2.45) is 17.8 Å². The lowest BCUT2D eigenvalue weighted by Crippen LogP contribution is -2.35. The van der Waals surface area contributed by atoms with Gasteiger partial charge in [-0.05, 0) is 49.7 Å². The maximum absolute atomic E-state index is 12.3. The Morgan fingerprint density at radius 3 is 2.70 bits per heavy atom. The number of carbonyl (C=O) groups is 1. The molecule has 2 heteroatoms. The maximum atomic E-state index is 12.3. The molecule has 0 bridgehead atoms. The molecule has 3 atom stereocenters. The summed E-state index contributed by atoms with van der Waals surface area (Å²) in [6.07, 6.45) is 3.50. The van der Waals surface area contributed by atoms with Gasteiger partial charge < -0.3 is 4.74 Å². The number of hydrogen-bond acceptors (Lipinski definition) is 2. The highest BCUT2D eigenvalue weighted by Crippen LogP contribution is 2.35. The molecule has 1 aromatic rings. The molecule has 0 spiro atoms. The topological polar surface area (TPSA) is 26.3 Å². The average molecular weight is 274 g/mol. The Kier molecular flexibility index (Phi) is 4.85. The summed E-state index contributed by atoms with van der Waals surface area (Å²) < 4.78 is 5.84. The van der Waals surface area contributed by atoms with E-state index in [1.807, 2.05) is 31.2 Å². The predicted molar refractivity (Wildman–Crippen MR) is 81.7 cm³/mol. The Morgan fingerprint density at radius 2 is 2.05 bits per heavy atom. The lowest BCUT2D eigenvalue weighted by atomic mass is 9.75. The minimum absolute atomic E-state index is 0.0757. The van der Waals surface area contributed by atoms with Crippen molar-refractivity contribution in [2.45, 2.75) is 53.1 Å². The molecule has 1 fully saturated rings. The number of hydrogen-bond donors (Lipinski definition) is 0. The zero-order chi connectivity index (χ0) is 14.7. The molecule has 1 aliphatic rings. The fourth-order valence-corrected chi connectivity index (χ4v) is 3.23. The fourth-order valence-electron chi connectivity index (χ4n) is 3.23. The van der Waals surface area contributed by atoms with Crippen molar-refractivity contribution >= 4 is 5.97 Å². The van der Waals surface area contributed by atoms with Crippen molar-refractivity contribution in [1.82, 2.24) is 0 Å². The average Bonchev–Trinajstić information content (AvgIpc) is 2.38. The number of esters is 1. The summed E-state index contributed by atoms with van der Waals surface area (Å²) in [6.45, 7) is 8.71. The van der Waals surface area contributed by atoms with Crippen molar-refractivity contribution in [3.05, 3.63) is 35.4 Å². The minimum atomic E-state index is -0.168. The van der Waals surface area contributed by atoms with Crippen LogP contribution in [0.4, 0.5) is 0 Å². The molecule has 2 rings (SSSR count). The van der Waals surface area contributed by atoms with Crippen molar-refractivity contribution in [1.29, 1.82) is 0 Å². The first-order valence-corrected chi connectivity index (χ1v) is 7.75. The second-order valence-corrected chi connectivity index (χ2v) is 6.64. The summed E-state index contributed by atoms with van der Waals surface area (Å²) in [4.78, 5) is 12.3. The highest BCUT2D eigenvalue weighted by molar-refractivity contribution is 5.89. The van der Waals surface area contributed by atoms with Gasteiger partial charge in [0.1, 0.15) is 6.10 Å². The van der Waals surface area contributed by atoms with E-state index in [1.54, 1.807) is 0 Å². The SMILES string of the molecule is Cc1cccc(C(=O)O[C@@H]2C[C@H](C)CCC2C(C)C)c1. The van der Waals surface area contributed by atoms with Crippen LogP contribution in [0.1, 0.15) is 56.0 Å². The zero-order valence-corrected chi connectivity index (χ0v) is 13.1. The van der Waals surface area contributed by atoms with Gasteiger partial charge in [-0.3, -0.25) is 0 Å². The standard InChI is InChI=1S/C18H26O2/c1-12(2)16-9-8-14(4)11-17(16)20-18(19)15-7-5-6-13(3)10-15/h5-7,10,12,14,16-17H,8-9,11H2,1-4H3/t14-,16?,17-/m1/s1. The van der Waals surface area contributed by atoms with E-state index in [-0.39, 0.29) is 12.1 Å². The molecule has 0 radical (unpaired) electrons. The molecular weight excluding hydrogens is 248 g/mol. The van der Waals surface area contributed by atoms with E-state index < -0.39 is 0 Å². The summed E-state index contributed by atoms with van der Waals surface area (Å²) in [5.74, 6) is 1.55. The van der Waals surface area contributed by atoms with Crippen LogP contribution in [0.15, 0.2) is 24.3 Å². The molecule has 20 heavy (non-hydrogen) atoms. The van der Waals surface area contributed by atoms with Crippen LogP contribution in [0.3, 0.4) is 0 Å². The van der Waals surface area contributed by atoms with E-state index in [4.69, 9.17) is 4.74 Å². The van der Waals surface area contributed by atoms with E-state index in [0.29, 0.717) is 23.3 Å². The molecule has 0 amide bonds. The quantitative estimate of drug-likeness (QED) is 0.752. The molecular formula is C18H26O2. The van der Waals surface area contributed by atoms with Crippen molar-refractivity contribution in [3.8, 4) is 0 Å². The number of carbonyl (C=O) groups excluding carboxylic acids is 1. The molecule has 0 aliphatic heterocycles. The zero-order valence-electron chi connectivity index (χ0n) is 13.1. The third-order valence-electron chi connectivity index (χ3n) is 4.47. The molecule has 1 aliphatic carbocycles. The van der Waals surface area contributed by atoms with Gasteiger partial charge in [-0.2, -0.15) is 0 Å². The summed E-state index contributed by atoms with van der Waals surface area (Å²) >= 11 is 0. The van der Waals surface area contributed by atoms with Crippen LogP contribution in [0.5, 0.6) is 0 Å². The van der Waals surface area contributed by atoms with Gasteiger partial charge in [-0.1, -0.05) is 44.9 Å². The molecule has 0 heterocycles. The molecule has 0 aromatic heterocycles. The van der Waals surface area contributed by atoms with E-state index in [2.05, 4.69) is 20.8 Å². The summed E-state index contributed by atoms with van der Waals surface area (Å²) in [6, 6.07) is 7.65. The van der Waals surface area contributed by atoms with Crippen LogP contribution >= 0.6 is 0 Å². The fraction of sp³-hybridized carbons (Fsp3) is 0.611. The van der Waals surface area contributed by atoms with E-state index in [1.165, 1.54) is 12.8 Å². The normalized spacial score (nSPS) is 26.6. The Morgan fingerprint density at radius 1 is 1.30 bits per heavy atom. The maximum Gasteiger partial charge on any atom is 0.338 e. The Balaban J connectivity index is 2.08. The number of aryl methyl sites for hydroxylation is 1. The number of ether oxygens (including phenoxy) is 1. The van der Waals surface area contributed by atoms with Crippen molar-refractivity contribution < 1.29 is 9.53 Å². The monoisotopic (exact) mass is 274 g/mol. The first-order chi connectivity index (χ1) is 9.47. The van der Waals surface area contributed by atoms with Crippen LogP contribution in [0.2, 0.25) is 0 Å². The van der Waals surface area contributed by atoms with Gasteiger partial charge >= 0.3 is 5.97 Å². The minimum Gasteiger partial charge on any atom is -0.458 e. The molecule has 2 nitrogen and oxygen atoms in total. The van der Waals surface area contributed by atoms with Crippen molar-refractivity contribution in [3.63, 3.8) is 0 Å². The van der Waals surface area contributed by atoms with Gasteiger partial charge in [0.2, 0.25) is 0 Å². The van der Waals surface area contributed by atoms with E-state index >= 15 is 0 Å². The highest BCUT2D eigenvalue weighted by atomic mass is 16.5. The Hall–Kier alpha value is -1.31. The molecule has 1 saturated carbocycles. The predicted octanol–water partition coefficient (Wildman–Crippen LogP) is 4.61. The van der Waals surface area contributed by atoms with Crippen LogP contribution in [-0.4, -0.2) is 12.1 Å². The summed E-state index contributed by atoms with van der Waals surface area (Å²) in [5, 5.41) is 0. The van der Waals surface area contributed by atoms with Gasteiger partial charge in [-0.15, -0.1) is 0 Å². The molecule has 1 unspecified atom stereocenters. The van der Waals surface area contributed by atoms with Crippen LogP contribution in [0, 0.1) is 24.7 Å². The highest BCUT2D eigenvalue weighted by Gasteiger charge is 2.33. The van der Waals surface area contributed by atoms with Gasteiger partial charge in [-0.25, -0.2) is 4.79 Å². The third kappa shape index (κ3) is 3.62. The largest absolute Gasteiger partial charge is 0.458 e. The van der Waals surface area contributed by atoms with Gasteiger partial charge in [0.05, 0.1) is 5.56 Å². The second kappa shape index (κ2) is 6.43. The van der Waals surface area contributed by atoms with Gasteiger partial charge in [0, 0.05) is 0 Å². The smallest absolute Gasteiger partial charge is 0.338 e. The first-order valence-electron chi connectivity index (χ1n) is 7.75. The Bertz CT molecular complexity index is 464. The molecule has 0 saturated heterocycles. The van der Waals surface area contributed by atoms with Crippen molar-refractivity contribution in [2.75, 3.05) is 0 Å². The number of rotatable bonds is 3. The van der Waals surface area contributed by atoms with Crippen LogP contribution < -0.4 is 0 Å². The van der Waals surface area contributed by atoms with E-state index in [9.17, 15) is 4.79 Å². The lowest BCUT2D eigenvalue weighted by Gasteiger charge is -2.36. The molecule has 110 valence electrons. The summed E-state index contributed by atoms with van der Waals surface area (Å²) in [5.41, 5.74) is 1.77. The van der Waals surface area contributed by atoms with Gasteiger partial charge in [0.25, 0.3) is 0 Å². The van der Waals surface area contributed by atoms with Gasteiger partial charge in [0.15, 0.2) is 0 Å². The van der Waals surface area contributed by atoms with Crippen LogP contribution in [-0.2, 0) is 4.74 Å². The second-order valence-electron chi connectivity index (χ2n) is 6.64. The molecule has 0 N–H and O–H groups in total. The molecule has 1 aromatic carbocycles. The van der Waals surface area contributed by atoms with Crippen LogP contribution in [0.25, 0.3) is 0 Å². The Labute approximate surface area is 122 Å². The number of benzene rings is 1. The summed E-state index contributed by atoms with van der Waals surface area (Å²) in [7, 11) is 0. The third-order valence-corrected chi connectivity index (χ3v) is 4.47. The first kappa shape index (κ1) is 15.1. The van der Waals surface area contributed by atoms with E-state index in [0.717, 1.165) is 12.0 Å².